The number of benzene rings is 1. The Morgan fingerprint density at radius 2 is 1.67 bits per heavy atom. The van der Waals surface area contributed by atoms with Gasteiger partial charge >= 0.3 is 0 Å². The normalized spacial score (nSPS) is 10.3. The van der Waals surface area contributed by atoms with E-state index in [1.54, 1.807) is 18.2 Å². The van der Waals surface area contributed by atoms with Crippen molar-refractivity contribution in [3.05, 3.63) is 28.2 Å². The van der Waals surface area contributed by atoms with Gasteiger partial charge in [0, 0.05) is 5.88 Å². The third kappa shape index (κ3) is 4.50. The lowest BCUT2D eigenvalue weighted by atomic mass is 10.3. The predicted octanol–water partition coefficient (Wildman–Crippen LogP) is 4.78. The zero-order valence-corrected chi connectivity index (χ0v) is 10.6. The van der Waals surface area contributed by atoms with Crippen LogP contribution < -0.4 is 4.74 Å². The average Bonchev–Trinajstić information content (AvgIpc) is 2.21. The van der Waals surface area contributed by atoms with Crippen molar-refractivity contribution in [2.45, 2.75) is 19.3 Å². The molecule has 15 heavy (non-hydrogen) atoms. The molecule has 0 heterocycles. The van der Waals surface area contributed by atoms with E-state index in [4.69, 9.17) is 39.5 Å². The smallest absolute Gasteiger partial charge is 0.156 e. The van der Waals surface area contributed by atoms with Crippen molar-refractivity contribution in [1.82, 2.24) is 0 Å². The Kier molecular flexibility index (Phi) is 6.23. The maximum absolute atomic E-state index is 5.94. The van der Waals surface area contributed by atoms with Crippen LogP contribution in [0.5, 0.6) is 5.75 Å². The van der Waals surface area contributed by atoms with Crippen LogP contribution >= 0.6 is 34.8 Å². The molecule has 1 rings (SSSR count). The topological polar surface area (TPSA) is 9.23 Å². The second-order valence-corrected chi connectivity index (χ2v) is 4.34. The Morgan fingerprint density at radius 1 is 1.00 bits per heavy atom. The van der Waals surface area contributed by atoms with Gasteiger partial charge in [0.2, 0.25) is 0 Å². The Balaban J connectivity index is 2.37. The van der Waals surface area contributed by atoms with Gasteiger partial charge in [0.1, 0.15) is 0 Å². The summed E-state index contributed by atoms with van der Waals surface area (Å²) in [6.07, 6.45) is 3.04. The number of hydrogen-bond donors (Lipinski definition) is 0. The fourth-order valence-electron chi connectivity index (χ4n) is 1.17. The summed E-state index contributed by atoms with van der Waals surface area (Å²) in [5, 5.41) is 1.11. The minimum absolute atomic E-state index is 0.555. The van der Waals surface area contributed by atoms with Gasteiger partial charge in [-0.3, -0.25) is 0 Å². The lowest BCUT2D eigenvalue weighted by molar-refractivity contribution is 0.307. The zero-order valence-electron chi connectivity index (χ0n) is 8.31. The molecule has 4 heteroatoms. The van der Waals surface area contributed by atoms with Crippen LogP contribution in [-0.4, -0.2) is 12.5 Å². The summed E-state index contributed by atoms with van der Waals surface area (Å²) in [5.41, 5.74) is 0. The highest BCUT2D eigenvalue weighted by Crippen LogP contribution is 2.32. The standard InChI is InChI=1S/C11H13Cl3O/c12-7-2-1-3-8-15-11-9(13)5-4-6-10(11)14/h4-6H,1-3,7-8H2. The zero-order chi connectivity index (χ0) is 11.1. The molecule has 1 nitrogen and oxygen atoms in total. The van der Waals surface area contributed by atoms with E-state index in [1.807, 2.05) is 0 Å². The maximum Gasteiger partial charge on any atom is 0.156 e. The molecule has 0 fully saturated rings. The number of para-hydroxylation sites is 1. The molecule has 1 aromatic carbocycles. The first-order valence-corrected chi connectivity index (χ1v) is 6.17. The summed E-state index contributed by atoms with van der Waals surface area (Å²) in [6.45, 7) is 0.625. The van der Waals surface area contributed by atoms with E-state index in [-0.39, 0.29) is 0 Å². The lowest BCUT2D eigenvalue weighted by Crippen LogP contribution is -1.98. The van der Waals surface area contributed by atoms with Crippen LogP contribution in [0.4, 0.5) is 0 Å². The van der Waals surface area contributed by atoms with Crippen LogP contribution in [0, 0.1) is 0 Å². The predicted molar refractivity (Wildman–Crippen MR) is 66.5 cm³/mol. The van der Waals surface area contributed by atoms with E-state index in [0.717, 1.165) is 19.3 Å². The highest BCUT2D eigenvalue weighted by atomic mass is 35.5. The van der Waals surface area contributed by atoms with Gasteiger partial charge in [0.25, 0.3) is 0 Å². The Bertz CT molecular complexity index is 282. The minimum atomic E-state index is 0.555. The summed E-state index contributed by atoms with van der Waals surface area (Å²) in [6, 6.07) is 5.33. The molecule has 0 aliphatic rings. The van der Waals surface area contributed by atoms with Gasteiger partial charge in [0.05, 0.1) is 16.7 Å². The summed E-state index contributed by atoms with van der Waals surface area (Å²) in [7, 11) is 0. The molecule has 0 spiro atoms. The molecular weight excluding hydrogens is 254 g/mol. The average molecular weight is 268 g/mol. The number of ether oxygens (including phenoxy) is 1. The Hall–Kier alpha value is -0.110. The van der Waals surface area contributed by atoms with Crippen molar-refractivity contribution in [1.29, 1.82) is 0 Å². The van der Waals surface area contributed by atoms with Gasteiger partial charge < -0.3 is 4.74 Å². The van der Waals surface area contributed by atoms with E-state index in [9.17, 15) is 0 Å². The number of hydrogen-bond acceptors (Lipinski definition) is 1. The molecule has 84 valence electrons. The van der Waals surface area contributed by atoms with E-state index in [2.05, 4.69) is 0 Å². The van der Waals surface area contributed by atoms with Crippen molar-refractivity contribution in [3.8, 4) is 5.75 Å². The van der Waals surface area contributed by atoms with Gasteiger partial charge in [-0.1, -0.05) is 29.3 Å². The van der Waals surface area contributed by atoms with Crippen LogP contribution in [0.2, 0.25) is 10.0 Å². The molecule has 0 unspecified atom stereocenters. The third-order valence-corrected chi connectivity index (χ3v) is 2.81. The van der Waals surface area contributed by atoms with Crippen LogP contribution in [0.15, 0.2) is 18.2 Å². The molecule has 0 aliphatic carbocycles. The first-order chi connectivity index (χ1) is 7.25. The number of halogens is 3. The van der Waals surface area contributed by atoms with Gasteiger partial charge in [0.15, 0.2) is 5.75 Å². The summed E-state index contributed by atoms with van der Waals surface area (Å²) >= 11 is 17.4. The largest absolute Gasteiger partial charge is 0.490 e. The fourth-order valence-corrected chi connectivity index (χ4v) is 1.86. The van der Waals surface area contributed by atoms with Gasteiger partial charge in [-0.05, 0) is 31.4 Å². The monoisotopic (exact) mass is 266 g/mol. The summed E-state index contributed by atoms with van der Waals surface area (Å²) < 4.78 is 5.51. The highest BCUT2D eigenvalue weighted by molar-refractivity contribution is 6.37. The van der Waals surface area contributed by atoms with Gasteiger partial charge in [-0.15, -0.1) is 11.6 Å². The van der Waals surface area contributed by atoms with Gasteiger partial charge in [-0.25, -0.2) is 0 Å². The lowest BCUT2D eigenvalue weighted by Gasteiger charge is -2.09. The molecular formula is C11H13Cl3O. The second kappa shape index (κ2) is 7.21. The van der Waals surface area contributed by atoms with E-state index >= 15 is 0 Å². The van der Waals surface area contributed by atoms with Crippen LogP contribution in [-0.2, 0) is 0 Å². The van der Waals surface area contributed by atoms with E-state index in [1.165, 1.54) is 0 Å². The second-order valence-electron chi connectivity index (χ2n) is 3.15. The molecule has 0 N–H and O–H groups in total. The van der Waals surface area contributed by atoms with Crippen molar-refractivity contribution in [2.24, 2.45) is 0 Å². The van der Waals surface area contributed by atoms with Crippen LogP contribution in [0.1, 0.15) is 19.3 Å². The Labute approximate surface area is 105 Å². The fraction of sp³-hybridized carbons (Fsp3) is 0.455. The maximum atomic E-state index is 5.94. The molecule has 0 saturated carbocycles. The van der Waals surface area contributed by atoms with E-state index < -0.39 is 0 Å². The summed E-state index contributed by atoms with van der Waals surface area (Å²) in [5.74, 6) is 1.28. The Morgan fingerprint density at radius 3 is 2.27 bits per heavy atom. The highest BCUT2D eigenvalue weighted by Gasteiger charge is 2.05. The van der Waals surface area contributed by atoms with Crippen molar-refractivity contribution in [2.75, 3.05) is 12.5 Å². The molecule has 0 saturated heterocycles. The molecule has 0 amide bonds. The number of unbranched alkanes of at least 4 members (excludes halogenated alkanes) is 2. The summed E-state index contributed by atoms with van der Waals surface area (Å²) in [4.78, 5) is 0. The van der Waals surface area contributed by atoms with Crippen molar-refractivity contribution in [3.63, 3.8) is 0 Å². The van der Waals surface area contributed by atoms with Crippen LogP contribution in [0.3, 0.4) is 0 Å². The minimum Gasteiger partial charge on any atom is -0.490 e. The first kappa shape index (κ1) is 13.0. The van der Waals surface area contributed by atoms with Gasteiger partial charge in [-0.2, -0.15) is 0 Å². The van der Waals surface area contributed by atoms with Crippen molar-refractivity contribution >= 4 is 34.8 Å². The molecule has 1 aromatic rings. The third-order valence-electron chi connectivity index (χ3n) is 1.94. The molecule has 0 atom stereocenters. The SMILES string of the molecule is ClCCCCCOc1c(Cl)cccc1Cl. The quantitative estimate of drug-likeness (QED) is 0.532. The molecule has 0 aliphatic heterocycles. The molecule has 0 bridgehead atoms. The molecule has 0 radical (unpaired) electrons. The van der Waals surface area contributed by atoms with E-state index in [0.29, 0.717) is 28.3 Å². The van der Waals surface area contributed by atoms with Crippen molar-refractivity contribution < 1.29 is 4.74 Å². The number of alkyl halides is 1. The first-order valence-electron chi connectivity index (χ1n) is 4.88. The van der Waals surface area contributed by atoms with Crippen LogP contribution in [0.25, 0.3) is 0 Å². The number of rotatable bonds is 6. The molecule has 0 aromatic heterocycles.